The Labute approximate surface area is 110 Å². The van der Waals surface area contributed by atoms with Crippen molar-refractivity contribution in [1.82, 2.24) is 9.78 Å². The summed E-state index contributed by atoms with van der Waals surface area (Å²) in [6.45, 7) is 0. The van der Waals surface area contributed by atoms with Gasteiger partial charge in [0.1, 0.15) is 11.5 Å². The number of aromatic hydroxyl groups is 2. The first-order chi connectivity index (χ1) is 9.22. The molecule has 0 aliphatic heterocycles. The van der Waals surface area contributed by atoms with Crippen LogP contribution in [0.15, 0.2) is 60.8 Å². The molecule has 1 aromatic heterocycles. The predicted octanol–water partition coefficient (Wildman–Crippen LogP) is 2.95. The maximum atomic E-state index is 9.46. The number of aromatic nitrogens is 2. The number of hydrogen-bond acceptors (Lipinski definition) is 3. The number of phenols is 2. The van der Waals surface area contributed by atoms with Crippen LogP contribution in [0.5, 0.6) is 11.5 Å². The summed E-state index contributed by atoms with van der Waals surface area (Å²) in [5.74, 6) is 0.440. The van der Waals surface area contributed by atoms with E-state index in [9.17, 15) is 10.2 Å². The third-order valence-electron chi connectivity index (χ3n) is 2.85. The monoisotopic (exact) mass is 252 g/mol. The Morgan fingerprint density at radius 3 is 2.37 bits per heavy atom. The molecule has 0 bridgehead atoms. The van der Waals surface area contributed by atoms with Crippen LogP contribution >= 0.6 is 0 Å². The number of rotatable bonds is 2. The van der Waals surface area contributed by atoms with Gasteiger partial charge in [0, 0.05) is 17.8 Å². The van der Waals surface area contributed by atoms with Crippen molar-refractivity contribution >= 4 is 0 Å². The molecule has 0 unspecified atom stereocenters. The summed E-state index contributed by atoms with van der Waals surface area (Å²) in [5.41, 5.74) is 2.53. The first-order valence-corrected chi connectivity index (χ1v) is 5.87. The van der Waals surface area contributed by atoms with Crippen LogP contribution in [0, 0.1) is 0 Å². The maximum absolute atomic E-state index is 9.46. The van der Waals surface area contributed by atoms with Gasteiger partial charge in [0.05, 0.1) is 11.4 Å². The summed E-state index contributed by atoms with van der Waals surface area (Å²) >= 11 is 0. The van der Waals surface area contributed by atoms with E-state index in [0.29, 0.717) is 0 Å². The van der Waals surface area contributed by atoms with E-state index in [1.54, 1.807) is 35.0 Å². The molecule has 0 saturated heterocycles. The van der Waals surface area contributed by atoms with Gasteiger partial charge in [-0.3, -0.25) is 0 Å². The molecule has 94 valence electrons. The zero-order valence-electron chi connectivity index (χ0n) is 10.1. The fraction of sp³-hybridized carbons (Fsp3) is 0. The van der Waals surface area contributed by atoms with Gasteiger partial charge in [-0.05, 0) is 42.5 Å². The zero-order valence-corrected chi connectivity index (χ0v) is 10.1. The van der Waals surface area contributed by atoms with Gasteiger partial charge in [0.2, 0.25) is 0 Å². The van der Waals surface area contributed by atoms with Gasteiger partial charge in [-0.2, -0.15) is 5.10 Å². The maximum Gasteiger partial charge on any atom is 0.117 e. The van der Waals surface area contributed by atoms with Crippen LogP contribution in [0.25, 0.3) is 16.9 Å². The molecular weight excluding hydrogens is 240 g/mol. The topological polar surface area (TPSA) is 58.3 Å². The minimum absolute atomic E-state index is 0.208. The quantitative estimate of drug-likeness (QED) is 0.737. The fourth-order valence-corrected chi connectivity index (χ4v) is 1.89. The molecule has 0 saturated carbocycles. The highest BCUT2D eigenvalue weighted by Crippen LogP contribution is 2.22. The summed E-state index contributed by atoms with van der Waals surface area (Å²) in [4.78, 5) is 0. The molecule has 19 heavy (non-hydrogen) atoms. The van der Waals surface area contributed by atoms with E-state index in [0.717, 1.165) is 16.9 Å². The van der Waals surface area contributed by atoms with Gasteiger partial charge < -0.3 is 10.2 Å². The number of benzene rings is 2. The van der Waals surface area contributed by atoms with Crippen molar-refractivity contribution in [3.05, 3.63) is 60.8 Å². The molecule has 3 rings (SSSR count). The molecule has 0 atom stereocenters. The van der Waals surface area contributed by atoms with Gasteiger partial charge >= 0.3 is 0 Å². The van der Waals surface area contributed by atoms with E-state index in [1.807, 2.05) is 30.5 Å². The Hall–Kier alpha value is -2.75. The second-order valence-electron chi connectivity index (χ2n) is 4.21. The highest BCUT2D eigenvalue weighted by atomic mass is 16.3. The van der Waals surface area contributed by atoms with Crippen molar-refractivity contribution in [2.75, 3.05) is 0 Å². The van der Waals surface area contributed by atoms with Crippen molar-refractivity contribution in [2.45, 2.75) is 0 Å². The molecule has 0 radical (unpaired) electrons. The van der Waals surface area contributed by atoms with E-state index >= 15 is 0 Å². The van der Waals surface area contributed by atoms with Crippen molar-refractivity contribution < 1.29 is 10.2 Å². The van der Waals surface area contributed by atoms with E-state index in [-0.39, 0.29) is 11.5 Å². The molecule has 0 aliphatic rings. The predicted molar refractivity (Wildman–Crippen MR) is 72.3 cm³/mol. The number of hydrogen-bond donors (Lipinski definition) is 2. The molecular formula is C15H12N2O2. The van der Waals surface area contributed by atoms with Crippen LogP contribution in [0.1, 0.15) is 0 Å². The molecule has 0 fully saturated rings. The lowest BCUT2D eigenvalue weighted by molar-refractivity contribution is 0.474. The van der Waals surface area contributed by atoms with Crippen molar-refractivity contribution in [3.8, 4) is 28.4 Å². The molecule has 3 aromatic rings. The van der Waals surface area contributed by atoms with E-state index in [2.05, 4.69) is 5.10 Å². The largest absolute Gasteiger partial charge is 0.508 e. The Balaban J connectivity index is 1.97. The number of phenolic OH excluding ortho intramolecular Hbond substituents is 2. The lowest BCUT2D eigenvalue weighted by Crippen LogP contribution is -1.94. The summed E-state index contributed by atoms with van der Waals surface area (Å²) < 4.78 is 1.70. The van der Waals surface area contributed by atoms with Gasteiger partial charge in [-0.1, -0.05) is 6.07 Å². The first-order valence-electron chi connectivity index (χ1n) is 5.87. The minimum atomic E-state index is 0.208. The minimum Gasteiger partial charge on any atom is -0.508 e. The molecule has 0 aliphatic carbocycles. The summed E-state index contributed by atoms with van der Waals surface area (Å²) in [6.07, 6.45) is 1.83. The standard InChI is InChI=1S/C15H12N2O2/c18-13-6-4-11(5-7-13)15-8-9-17(16-15)12-2-1-3-14(19)10-12/h1-10,18-19H. The van der Waals surface area contributed by atoms with Crippen molar-refractivity contribution in [3.63, 3.8) is 0 Å². The summed E-state index contributed by atoms with van der Waals surface area (Å²) in [6, 6.07) is 15.7. The second-order valence-corrected chi connectivity index (χ2v) is 4.21. The first kappa shape index (κ1) is 11.3. The van der Waals surface area contributed by atoms with Gasteiger partial charge in [0.15, 0.2) is 0 Å². The molecule has 0 amide bonds. The highest BCUT2D eigenvalue weighted by molar-refractivity contribution is 5.60. The van der Waals surface area contributed by atoms with Gasteiger partial charge in [-0.15, -0.1) is 0 Å². The van der Waals surface area contributed by atoms with Crippen LogP contribution in [-0.2, 0) is 0 Å². The van der Waals surface area contributed by atoms with E-state index < -0.39 is 0 Å². The zero-order chi connectivity index (χ0) is 13.2. The molecule has 4 heteroatoms. The lowest BCUT2D eigenvalue weighted by Gasteiger charge is -2.01. The average Bonchev–Trinajstić information content (AvgIpc) is 2.89. The molecule has 2 N–H and O–H groups in total. The summed E-state index contributed by atoms with van der Waals surface area (Å²) in [7, 11) is 0. The Kier molecular flexibility index (Phi) is 2.68. The van der Waals surface area contributed by atoms with Gasteiger partial charge in [0.25, 0.3) is 0 Å². The molecule has 2 aromatic carbocycles. The van der Waals surface area contributed by atoms with Crippen LogP contribution in [0.2, 0.25) is 0 Å². The second kappa shape index (κ2) is 4.49. The lowest BCUT2D eigenvalue weighted by atomic mass is 10.1. The smallest absolute Gasteiger partial charge is 0.117 e. The molecule has 0 spiro atoms. The van der Waals surface area contributed by atoms with E-state index in [4.69, 9.17) is 0 Å². The van der Waals surface area contributed by atoms with Crippen molar-refractivity contribution in [2.24, 2.45) is 0 Å². The molecule has 1 heterocycles. The van der Waals surface area contributed by atoms with Gasteiger partial charge in [-0.25, -0.2) is 4.68 Å². The Morgan fingerprint density at radius 2 is 1.63 bits per heavy atom. The normalized spacial score (nSPS) is 10.5. The number of nitrogens with zero attached hydrogens (tertiary/aromatic N) is 2. The van der Waals surface area contributed by atoms with Crippen LogP contribution < -0.4 is 0 Å². The Bertz CT molecular complexity index is 702. The van der Waals surface area contributed by atoms with Crippen LogP contribution in [0.4, 0.5) is 0 Å². The van der Waals surface area contributed by atoms with Crippen LogP contribution in [0.3, 0.4) is 0 Å². The summed E-state index contributed by atoms with van der Waals surface area (Å²) in [5, 5.41) is 23.2. The highest BCUT2D eigenvalue weighted by Gasteiger charge is 2.04. The third kappa shape index (κ3) is 2.28. The molecule has 4 nitrogen and oxygen atoms in total. The van der Waals surface area contributed by atoms with E-state index in [1.165, 1.54) is 0 Å². The van der Waals surface area contributed by atoms with Crippen LogP contribution in [-0.4, -0.2) is 20.0 Å². The fourth-order valence-electron chi connectivity index (χ4n) is 1.89. The SMILES string of the molecule is Oc1ccc(-c2ccn(-c3cccc(O)c3)n2)cc1. The average molecular weight is 252 g/mol. The van der Waals surface area contributed by atoms with Crippen molar-refractivity contribution in [1.29, 1.82) is 0 Å². The third-order valence-corrected chi connectivity index (χ3v) is 2.85. The Morgan fingerprint density at radius 1 is 0.842 bits per heavy atom.